The lowest BCUT2D eigenvalue weighted by Gasteiger charge is -1.96. The maximum absolute atomic E-state index is 10.3. The van der Waals surface area contributed by atoms with E-state index in [1.807, 2.05) is 6.08 Å². The molecule has 1 saturated carbocycles. The average molecular weight is 159 g/mol. The molecule has 0 atom stereocenters. The molecule has 0 bridgehead atoms. The fourth-order valence-corrected chi connectivity index (χ4v) is 1.43. The van der Waals surface area contributed by atoms with E-state index in [1.165, 1.54) is 31.8 Å². The van der Waals surface area contributed by atoms with E-state index in [1.54, 1.807) is 0 Å². The highest BCUT2D eigenvalue weighted by Crippen LogP contribution is 2.25. The first kappa shape index (κ1) is 7.80. The number of rotatable bonds is 2. The predicted molar refractivity (Wildman–Crippen MR) is 42.0 cm³/mol. The lowest BCUT2D eigenvalue weighted by atomic mass is 10.1. The van der Waals surface area contributed by atoms with Crippen molar-refractivity contribution in [2.75, 3.05) is 0 Å². The first-order valence-corrected chi connectivity index (χ1v) is 4.04. The molecule has 1 nitrogen and oxygen atoms in total. The minimum Gasteiger partial charge on any atom is -0.276 e. The second-order valence-corrected chi connectivity index (χ2v) is 3.08. The Morgan fingerprint density at radius 3 is 2.50 bits per heavy atom. The molecule has 0 unspecified atom stereocenters. The van der Waals surface area contributed by atoms with Gasteiger partial charge in [-0.1, -0.05) is 18.9 Å². The van der Waals surface area contributed by atoms with Crippen LogP contribution < -0.4 is 0 Å². The van der Waals surface area contributed by atoms with Gasteiger partial charge in [-0.15, -0.1) is 0 Å². The maximum Gasteiger partial charge on any atom is 0.244 e. The Morgan fingerprint density at radius 1 is 1.40 bits per heavy atom. The third-order valence-corrected chi connectivity index (χ3v) is 2.03. The molecule has 0 spiro atoms. The van der Waals surface area contributed by atoms with Crippen LogP contribution in [-0.4, -0.2) is 5.24 Å². The van der Waals surface area contributed by atoms with Gasteiger partial charge in [0.25, 0.3) is 0 Å². The molecule has 0 heterocycles. The molecule has 1 aliphatic carbocycles. The van der Waals surface area contributed by atoms with Crippen molar-refractivity contribution in [3.8, 4) is 0 Å². The van der Waals surface area contributed by atoms with Crippen molar-refractivity contribution >= 4 is 16.8 Å². The highest BCUT2D eigenvalue weighted by molar-refractivity contribution is 6.66. The zero-order chi connectivity index (χ0) is 7.40. The summed E-state index contributed by atoms with van der Waals surface area (Å²) in [5.41, 5.74) is 0. The first-order chi connectivity index (χ1) is 4.79. The smallest absolute Gasteiger partial charge is 0.244 e. The summed E-state index contributed by atoms with van der Waals surface area (Å²) in [7, 11) is 0. The van der Waals surface area contributed by atoms with Crippen molar-refractivity contribution in [3.63, 3.8) is 0 Å². The van der Waals surface area contributed by atoms with Gasteiger partial charge in [0.15, 0.2) is 0 Å². The summed E-state index contributed by atoms with van der Waals surface area (Å²) in [5, 5.41) is -0.355. The summed E-state index contributed by atoms with van der Waals surface area (Å²) in [6, 6.07) is 0. The number of carbonyl (C=O) groups excluding carboxylic acids is 1. The van der Waals surface area contributed by atoms with Gasteiger partial charge in [-0.3, -0.25) is 4.79 Å². The van der Waals surface area contributed by atoms with E-state index in [9.17, 15) is 4.79 Å². The number of carbonyl (C=O) groups is 1. The Labute approximate surface area is 66.1 Å². The lowest BCUT2D eigenvalue weighted by molar-refractivity contribution is -0.107. The highest BCUT2D eigenvalue weighted by Gasteiger charge is 2.11. The molecule has 1 aliphatic rings. The molecule has 0 saturated heterocycles. The largest absolute Gasteiger partial charge is 0.276 e. The van der Waals surface area contributed by atoms with Gasteiger partial charge in [0, 0.05) is 0 Å². The molecule has 0 amide bonds. The van der Waals surface area contributed by atoms with E-state index >= 15 is 0 Å². The Kier molecular flexibility index (Phi) is 2.94. The zero-order valence-electron chi connectivity index (χ0n) is 5.85. The summed E-state index contributed by atoms with van der Waals surface area (Å²) in [5.74, 6) is 0.614. The minimum atomic E-state index is -0.355. The minimum absolute atomic E-state index is 0.355. The van der Waals surface area contributed by atoms with Crippen LogP contribution in [0.15, 0.2) is 12.2 Å². The molecule has 0 N–H and O–H groups in total. The van der Waals surface area contributed by atoms with Crippen LogP contribution in [0.5, 0.6) is 0 Å². The normalized spacial score (nSPS) is 20.5. The lowest BCUT2D eigenvalue weighted by Crippen LogP contribution is -1.87. The summed E-state index contributed by atoms with van der Waals surface area (Å²) in [4.78, 5) is 10.3. The molecule has 0 radical (unpaired) electrons. The van der Waals surface area contributed by atoms with Crippen LogP contribution in [0.1, 0.15) is 25.7 Å². The molecule has 0 aliphatic heterocycles. The van der Waals surface area contributed by atoms with Gasteiger partial charge >= 0.3 is 0 Å². The molecule has 2 heteroatoms. The third-order valence-electron chi connectivity index (χ3n) is 1.90. The Bertz CT molecular complexity index is 145. The van der Waals surface area contributed by atoms with Crippen molar-refractivity contribution in [2.24, 2.45) is 5.92 Å². The van der Waals surface area contributed by atoms with Crippen LogP contribution in [0.25, 0.3) is 0 Å². The molecular weight excluding hydrogens is 148 g/mol. The SMILES string of the molecule is O=C(Cl)/C=C/C1CCCC1. The number of allylic oxidation sites excluding steroid dienone is 2. The molecule has 56 valence electrons. The number of hydrogen-bond acceptors (Lipinski definition) is 1. The highest BCUT2D eigenvalue weighted by atomic mass is 35.5. The first-order valence-electron chi connectivity index (χ1n) is 3.66. The summed E-state index contributed by atoms with van der Waals surface area (Å²) in [6.07, 6.45) is 8.44. The summed E-state index contributed by atoms with van der Waals surface area (Å²) < 4.78 is 0. The van der Waals surface area contributed by atoms with Crippen molar-refractivity contribution in [3.05, 3.63) is 12.2 Å². The van der Waals surface area contributed by atoms with Gasteiger partial charge in [-0.05, 0) is 36.4 Å². The van der Waals surface area contributed by atoms with Crippen LogP contribution in [0.4, 0.5) is 0 Å². The van der Waals surface area contributed by atoms with E-state index < -0.39 is 0 Å². The van der Waals surface area contributed by atoms with Crippen LogP contribution in [0, 0.1) is 5.92 Å². The van der Waals surface area contributed by atoms with Crippen LogP contribution in [0.3, 0.4) is 0 Å². The van der Waals surface area contributed by atoms with Crippen molar-refractivity contribution in [1.29, 1.82) is 0 Å². The van der Waals surface area contributed by atoms with Crippen LogP contribution in [-0.2, 0) is 4.79 Å². The number of halogens is 1. The maximum atomic E-state index is 10.3. The topological polar surface area (TPSA) is 17.1 Å². The van der Waals surface area contributed by atoms with Crippen LogP contribution >= 0.6 is 11.6 Å². The predicted octanol–water partition coefficient (Wildman–Crippen LogP) is 2.50. The Hall–Kier alpha value is -0.300. The molecule has 0 aromatic heterocycles. The van der Waals surface area contributed by atoms with Crippen molar-refractivity contribution in [2.45, 2.75) is 25.7 Å². The van der Waals surface area contributed by atoms with Gasteiger partial charge in [-0.2, -0.15) is 0 Å². The fourth-order valence-electron chi connectivity index (χ4n) is 1.36. The second-order valence-electron chi connectivity index (χ2n) is 2.71. The zero-order valence-corrected chi connectivity index (χ0v) is 6.60. The Balaban J connectivity index is 2.29. The van der Waals surface area contributed by atoms with E-state index in [-0.39, 0.29) is 5.24 Å². The summed E-state index contributed by atoms with van der Waals surface area (Å²) in [6.45, 7) is 0. The molecular formula is C8H11ClO. The molecule has 1 rings (SSSR count). The van der Waals surface area contributed by atoms with E-state index in [2.05, 4.69) is 0 Å². The van der Waals surface area contributed by atoms with E-state index in [4.69, 9.17) is 11.6 Å². The third kappa shape index (κ3) is 2.53. The monoisotopic (exact) mass is 158 g/mol. The van der Waals surface area contributed by atoms with Gasteiger partial charge in [0.2, 0.25) is 5.24 Å². The van der Waals surface area contributed by atoms with Gasteiger partial charge < -0.3 is 0 Å². The van der Waals surface area contributed by atoms with Crippen molar-refractivity contribution < 1.29 is 4.79 Å². The standard InChI is InChI=1S/C8H11ClO/c9-8(10)6-5-7-3-1-2-4-7/h5-7H,1-4H2/b6-5+. The average Bonchev–Trinajstić information content (AvgIpc) is 2.34. The fraction of sp³-hybridized carbons (Fsp3) is 0.625. The summed E-state index contributed by atoms with van der Waals surface area (Å²) >= 11 is 5.13. The molecule has 1 fully saturated rings. The quantitative estimate of drug-likeness (QED) is 0.446. The Morgan fingerprint density at radius 2 is 2.00 bits per heavy atom. The van der Waals surface area contributed by atoms with Crippen LogP contribution in [0.2, 0.25) is 0 Å². The van der Waals surface area contributed by atoms with Crippen molar-refractivity contribution in [1.82, 2.24) is 0 Å². The van der Waals surface area contributed by atoms with E-state index in [0.29, 0.717) is 5.92 Å². The molecule has 10 heavy (non-hydrogen) atoms. The van der Waals surface area contributed by atoms with E-state index in [0.717, 1.165) is 0 Å². The molecule has 0 aromatic rings. The van der Waals surface area contributed by atoms with Gasteiger partial charge in [0.05, 0.1) is 0 Å². The van der Waals surface area contributed by atoms with Gasteiger partial charge in [-0.25, -0.2) is 0 Å². The number of hydrogen-bond donors (Lipinski definition) is 0. The second kappa shape index (κ2) is 3.77. The molecule has 0 aromatic carbocycles. The van der Waals surface area contributed by atoms with Gasteiger partial charge in [0.1, 0.15) is 0 Å².